The number of pyridine rings is 1. The number of nitrogens with zero attached hydrogens (tertiary/aromatic N) is 3. The Hall–Kier alpha value is -1.39. The lowest BCUT2D eigenvalue weighted by atomic mass is 10.2. The highest BCUT2D eigenvalue weighted by molar-refractivity contribution is 6.33. The van der Waals surface area contributed by atoms with E-state index in [4.69, 9.17) is 23.2 Å². The summed E-state index contributed by atoms with van der Waals surface area (Å²) in [7, 11) is 0. The van der Waals surface area contributed by atoms with Gasteiger partial charge in [0.25, 0.3) is 0 Å². The van der Waals surface area contributed by atoms with Gasteiger partial charge in [-0.25, -0.2) is 4.98 Å². The molecule has 17 heavy (non-hydrogen) atoms. The van der Waals surface area contributed by atoms with E-state index in [-0.39, 0.29) is 5.28 Å². The largest absolute Gasteiger partial charge is 0.368 e. The molecule has 0 saturated carbocycles. The standard InChI is InChI=1S/C11H10Cl2N4/c12-9-7-16-11(13)17-10(9)15-6-3-8-1-4-14-5-2-8/h1-2,4-5,7H,3,6H2,(H,15,16,17). The molecule has 0 bridgehead atoms. The van der Waals surface area contributed by atoms with Crippen molar-refractivity contribution in [1.82, 2.24) is 15.0 Å². The smallest absolute Gasteiger partial charge is 0.224 e. The van der Waals surface area contributed by atoms with E-state index >= 15 is 0 Å². The third kappa shape index (κ3) is 3.54. The first-order valence-corrected chi connectivity index (χ1v) is 5.82. The Morgan fingerprint density at radius 1 is 1.18 bits per heavy atom. The molecule has 2 aromatic heterocycles. The predicted octanol–water partition coefficient (Wildman–Crippen LogP) is 2.83. The van der Waals surface area contributed by atoms with Crippen molar-refractivity contribution in [2.75, 3.05) is 11.9 Å². The molecule has 0 radical (unpaired) electrons. The molecule has 0 atom stereocenters. The third-order valence-corrected chi connectivity index (χ3v) is 2.63. The normalized spacial score (nSPS) is 10.2. The summed E-state index contributed by atoms with van der Waals surface area (Å²) in [6, 6.07) is 3.94. The maximum absolute atomic E-state index is 5.92. The number of halogens is 2. The molecule has 0 unspecified atom stereocenters. The average Bonchev–Trinajstić information content (AvgIpc) is 2.35. The van der Waals surface area contributed by atoms with Crippen LogP contribution in [0.1, 0.15) is 5.56 Å². The monoisotopic (exact) mass is 268 g/mol. The zero-order chi connectivity index (χ0) is 12.1. The van der Waals surface area contributed by atoms with Gasteiger partial charge in [-0.2, -0.15) is 4.98 Å². The summed E-state index contributed by atoms with van der Waals surface area (Å²) in [4.78, 5) is 11.7. The SMILES string of the molecule is Clc1ncc(Cl)c(NCCc2ccncc2)n1. The van der Waals surface area contributed by atoms with Crippen molar-refractivity contribution < 1.29 is 0 Å². The molecule has 1 N–H and O–H groups in total. The predicted molar refractivity (Wildman–Crippen MR) is 68.5 cm³/mol. The highest BCUT2D eigenvalue weighted by Crippen LogP contribution is 2.19. The second-order valence-corrected chi connectivity index (χ2v) is 4.11. The Morgan fingerprint density at radius 3 is 2.71 bits per heavy atom. The van der Waals surface area contributed by atoms with E-state index in [2.05, 4.69) is 20.3 Å². The Balaban J connectivity index is 1.92. The summed E-state index contributed by atoms with van der Waals surface area (Å²) in [6.45, 7) is 0.719. The molecule has 2 rings (SSSR count). The van der Waals surface area contributed by atoms with E-state index in [0.717, 1.165) is 13.0 Å². The molecule has 0 saturated heterocycles. The quantitative estimate of drug-likeness (QED) is 0.867. The van der Waals surface area contributed by atoms with Crippen LogP contribution in [0.3, 0.4) is 0 Å². The maximum atomic E-state index is 5.92. The third-order valence-electron chi connectivity index (χ3n) is 2.17. The van der Waals surface area contributed by atoms with Crippen LogP contribution in [0.2, 0.25) is 10.3 Å². The van der Waals surface area contributed by atoms with Crippen molar-refractivity contribution in [3.8, 4) is 0 Å². The van der Waals surface area contributed by atoms with Crippen LogP contribution in [0.15, 0.2) is 30.7 Å². The summed E-state index contributed by atoms with van der Waals surface area (Å²) in [5, 5.41) is 3.76. The van der Waals surface area contributed by atoms with E-state index in [1.807, 2.05) is 12.1 Å². The Labute approximate surface area is 109 Å². The summed E-state index contributed by atoms with van der Waals surface area (Å²) < 4.78 is 0. The van der Waals surface area contributed by atoms with E-state index < -0.39 is 0 Å². The lowest BCUT2D eigenvalue weighted by molar-refractivity contribution is 0.994. The van der Waals surface area contributed by atoms with Crippen LogP contribution in [-0.4, -0.2) is 21.5 Å². The molecule has 2 heterocycles. The van der Waals surface area contributed by atoms with Crippen molar-refractivity contribution in [3.05, 3.63) is 46.6 Å². The first kappa shape index (κ1) is 12.1. The van der Waals surface area contributed by atoms with Crippen LogP contribution in [0.4, 0.5) is 5.82 Å². The van der Waals surface area contributed by atoms with Crippen molar-refractivity contribution in [2.24, 2.45) is 0 Å². The van der Waals surface area contributed by atoms with Gasteiger partial charge in [-0.3, -0.25) is 4.98 Å². The van der Waals surface area contributed by atoms with E-state index in [1.54, 1.807) is 12.4 Å². The van der Waals surface area contributed by atoms with Gasteiger partial charge in [0.2, 0.25) is 5.28 Å². The minimum Gasteiger partial charge on any atom is -0.368 e. The van der Waals surface area contributed by atoms with Crippen LogP contribution in [0.25, 0.3) is 0 Å². The minimum absolute atomic E-state index is 0.181. The number of aromatic nitrogens is 3. The molecular formula is C11H10Cl2N4. The average molecular weight is 269 g/mol. The second kappa shape index (κ2) is 5.80. The number of nitrogens with one attached hydrogen (secondary N) is 1. The molecule has 0 aliphatic heterocycles. The zero-order valence-corrected chi connectivity index (χ0v) is 10.4. The van der Waals surface area contributed by atoms with Crippen LogP contribution < -0.4 is 5.32 Å². The number of hydrogen-bond acceptors (Lipinski definition) is 4. The molecule has 0 aromatic carbocycles. The second-order valence-electron chi connectivity index (χ2n) is 3.37. The fraction of sp³-hybridized carbons (Fsp3) is 0.182. The van der Waals surface area contributed by atoms with Crippen molar-refractivity contribution in [2.45, 2.75) is 6.42 Å². The maximum Gasteiger partial charge on any atom is 0.224 e. The fourth-order valence-corrected chi connectivity index (χ4v) is 1.64. The van der Waals surface area contributed by atoms with Gasteiger partial charge in [0.1, 0.15) is 10.8 Å². The molecule has 0 aliphatic rings. The Morgan fingerprint density at radius 2 is 1.94 bits per heavy atom. The molecule has 4 nitrogen and oxygen atoms in total. The van der Waals surface area contributed by atoms with Crippen LogP contribution in [0.5, 0.6) is 0 Å². The Bertz CT molecular complexity index is 490. The van der Waals surface area contributed by atoms with Gasteiger partial charge in [0.05, 0.1) is 6.20 Å². The summed E-state index contributed by atoms with van der Waals surface area (Å²) >= 11 is 11.6. The van der Waals surface area contributed by atoms with Crippen LogP contribution >= 0.6 is 23.2 Å². The van der Waals surface area contributed by atoms with Gasteiger partial charge in [-0.05, 0) is 35.7 Å². The van der Waals surface area contributed by atoms with E-state index in [0.29, 0.717) is 10.8 Å². The molecule has 0 spiro atoms. The first-order valence-electron chi connectivity index (χ1n) is 5.06. The highest BCUT2D eigenvalue weighted by atomic mass is 35.5. The van der Waals surface area contributed by atoms with Gasteiger partial charge in [0.15, 0.2) is 0 Å². The van der Waals surface area contributed by atoms with Gasteiger partial charge < -0.3 is 5.32 Å². The van der Waals surface area contributed by atoms with Crippen molar-refractivity contribution in [3.63, 3.8) is 0 Å². The molecule has 88 valence electrons. The molecular weight excluding hydrogens is 259 g/mol. The molecule has 0 fully saturated rings. The number of rotatable bonds is 4. The molecule has 0 aliphatic carbocycles. The number of anilines is 1. The highest BCUT2D eigenvalue weighted by Gasteiger charge is 2.03. The summed E-state index contributed by atoms with van der Waals surface area (Å²) in [5.74, 6) is 0.556. The van der Waals surface area contributed by atoms with Crippen LogP contribution in [-0.2, 0) is 6.42 Å². The van der Waals surface area contributed by atoms with Gasteiger partial charge in [-0.15, -0.1) is 0 Å². The molecule has 2 aromatic rings. The zero-order valence-electron chi connectivity index (χ0n) is 8.90. The minimum atomic E-state index is 0.181. The van der Waals surface area contributed by atoms with Gasteiger partial charge in [0, 0.05) is 18.9 Å². The van der Waals surface area contributed by atoms with Crippen molar-refractivity contribution >= 4 is 29.0 Å². The first-order chi connectivity index (χ1) is 8.25. The topological polar surface area (TPSA) is 50.7 Å². The summed E-state index contributed by atoms with van der Waals surface area (Å²) in [6.07, 6.45) is 5.87. The van der Waals surface area contributed by atoms with Crippen LogP contribution in [0, 0.1) is 0 Å². The fourth-order valence-electron chi connectivity index (χ4n) is 1.34. The molecule has 0 amide bonds. The lowest BCUT2D eigenvalue weighted by Crippen LogP contribution is -2.07. The van der Waals surface area contributed by atoms with Crippen molar-refractivity contribution in [1.29, 1.82) is 0 Å². The lowest BCUT2D eigenvalue weighted by Gasteiger charge is -2.06. The summed E-state index contributed by atoms with van der Waals surface area (Å²) in [5.41, 5.74) is 1.20. The Kier molecular flexibility index (Phi) is 4.12. The van der Waals surface area contributed by atoms with E-state index in [1.165, 1.54) is 11.8 Å². The van der Waals surface area contributed by atoms with Gasteiger partial charge in [-0.1, -0.05) is 11.6 Å². The van der Waals surface area contributed by atoms with E-state index in [9.17, 15) is 0 Å². The van der Waals surface area contributed by atoms with Gasteiger partial charge >= 0.3 is 0 Å². The molecule has 6 heteroatoms. The number of hydrogen-bond donors (Lipinski definition) is 1.